The van der Waals surface area contributed by atoms with E-state index in [4.69, 9.17) is 17.4 Å². The van der Waals surface area contributed by atoms with Crippen molar-refractivity contribution in [2.75, 3.05) is 5.43 Å². The molecule has 5 nitrogen and oxygen atoms in total. The molecule has 0 aliphatic heterocycles. The first-order valence-corrected chi connectivity index (χ1v) is 3.85. The Morgan fingerprint density at radius 3 is 2.69 bits per heavy atom. The molecule has 0 heterocycles. The van der Waals surface area contributed by atoms with Crippen LogP contribution in [0.4, 0.5) is 11.4 Å². The summed E-state index contributed by atoms with van der Waals surface area (Å²) in [7, 11) is 0. The van der Waals surface area contributed by atoms with Crippen LogP contribution in [0.3, 0.4) is 0 Å². The van der Waals surface area contributed by atoms with Crippen LogP contribution in [0.15, 0.2) is 12.1 Å². The van der Waals surface area contributed by atoms with Gasteiger partial charge in [0, 0.05) is 11.6 Å². The first kappa shape index (κ1) is 9.76. The molecule has 1 rings (SSSR count). The fraction of sp³-hybridized carbons (Fsp3) is 0.143. The van der Waals surface area contributed by atoms with Gasteiger partial charge < -0.3 is 5.43 Å². The second-order valence-corrected chi connectivity index (χ2v) is 2.93. The highest BCUT2D eigenvalue weighted by molar-refractivity contribution is 6.33. The van der Waals surface area contributed by atoms with Crippen LogP contribution in [0.5, 0.6) is 0 Å². The smallest absolute Gasteiger partial charge is 0.273 e. The summed E-state index contributed by atoms with van der Waals surface area (Å²) in [5, 5.41) is 10.7. The van der Waals surface area contributed by atoms with E-state index in [1.54, 1.807) is 6.92 Å². The van der Waals surface area contributed by atoms with Gasteiger partial charge in [-0.05, 0) is 13.0 Å². The van der Waals surface area contributed by atoms with E-state index in [0.29, 0.717) is 11.3 Å². The summed E-state index contributed by atoms with van der Waals surface area (Å²) < 4.78 is 0. The Bertz CT molecular complexity index is 354. The number of hydrazine groups is 1. The molecule has 0 spiro atoms. The van der Waals surface area contributed by atoms with E-state index in [1.165, 1.54) is 12.1 Å². The molecule has 13 heavy (non-hydrogen) atoms. The Labute approximate surface area is 79.6 Å². The second-order valence-electron chi connectivity index (χ2n) is 2.52. The van der Waals surface area contributed by atoms with Crippen LogP contribution in [0.25, 0.3) is 0 Å². The second kappa shape index (κ2) is 3.59. The van der Waals surface area contributed by atoms with Crippen LogP contribution in [0.2, 0.25) is 5.02 Å². The van der Waals surface area contributed by atoms with Gasteiger partial charge in [-0.3, -0.25) is 16.0 Å². The molecule has 0 fully saturated rings. The molecule has 1 aromatic rings. The zero-order chi connectivity index (χ0) is 10.0. The maximum absolute atomic E-state index is 10.5. The molecule has 70 valence electrons. The number of nitrogens with two attached hydrogens (primary N) is 1. The third-order valence-electron chi connectivity index (χ3n) is 1.64. The number of anilines is 1. The highest BCUT2D eigenvalue weighted by Crippen LogP contribution is 2.29. The van der Waals surface area contributed by atoms with E-state index in [0.717, 1.165) is 0 Å². The van der Waals surface area contributed by atoms with Crippen LogP contribution >= 0.6 is 11.6 Å². The largest absolute Gasteiger partial charge is 0.323 e. The summed E-state index contributed by atoms with van der Waals surface area (Å²) in [4.78, 5) is 9.98. The van der Waals surface area contributed by atoms with E-state index in [9.17, 15) is 10.1 Å². The van der Waals surface area contributed by atoms with E-state index in [1.807, 2.05) is 0 Å². The van der Waals surface area contributed by atoms with Crippen LogP contribution in [0, 0.1) is 17.0 Å². The zero-order valence-electron chi connectivity index (χ0n) is 6.87. The Hall–Kier alpha value is -1.33. The predicted molar refractivity (Wildman–Crippen MR) is 50.7 cm³/mol. The molecule has 0 aromatic heterocycles. The minimum atomic E-state index is -0.485. The van der Waals surface area contributed by atoms with Gasteiger partial charge >= 0.3 is 0 Å². The molecule has 0 saturated carbocycles. The van der Waals surface area contributed by atoms with Crippen molar-refractivity contribution in [1.82, 2.24) is 0 Å². The molecule has 0 amide bonds. The van der Waals surface area contributed by atoms with E-state index in [-0.39, 0.29) is 10.7 Å². The number of hydrogen-bond acceptors (Lipinski definition) is 4. The summed E-state index contributed by atoms with van der Waals surface area (Å²) in [6, 6.07) is 2.80. The van der Waals surface area contributed by atoms with Gasteiger partial charge in [-0.2, -0.15) is 0 Å². The summed E-state index contributed by atoms with van der Waals surface area (Å²) in [5.41, 5.74) is 3.33. The highest BCUT2D eigenvalue weighted by atomic mass is 35.5. The molecule has 0 radical (unpaired) electrons. The quantitative estimate of drug-likeness (QED) is 0.435. The number of nitrogen functional groups attached to an aromatic ring is 1. The first-order chi connectivity index (χ1) is 6.06. The molecule has 1 aromatic carbocycles. The Morgan fingerprint density at radius 2 is 2.23 bits per heavy atom. The van der Waals surface area contributed by atoms with E-state index < -0.39 is 4.92 Å². The molecule has 0 atom stereocenters. The highest BCUT2D eigenvalue weighted by Gasteiger charge is 2.13. The molecule has 3 N–H and O–H groups in total. The number of aryl methyl sites for hydroxylation is 1. The zero-order valence-corrected chi connectivity index (χ0v) is 7.63. The van der Waals surface area contributed by atoms with Crippen molar-refractivity contribution in [3.8, 4) is 0 Å². The number of nitrogens with one attached hydrogen (secondary N) is 1. The lowest BCUT2D eigenvalue weighted by molar-refractivity contribution is -0.385. The summed E-state index contributed by atoms with van der Waals surface area (Å²) >= 11 is 5.70. The lowest BCUT2D eigenvalue weighted by Gasteiger charge is -2.04. The van der Waals surface area contributed by atoms with Gasteiger partial charge in [0.25, 0.3) is 5.69 Å². The van der Waals surface area contributed by atoms with Crippen molar-refractivity contribution >= 4 is 23.0 Å². The number of nitro benzene ring substituents is 1. The molecule has 0 aliphatic rings. The lowest BCUT2D eigenvalue weighted by Crippen LogP contribution is -2.07. The van der Waals surface area contributed by atoms with Crippen LogP contribution in [-0.2, 0) is 0 Å². The summed E-state index contributed by atoms with van der Waals surface area (Å²) in [6.45, 7) is 1.62. The number of hydrogen-bond donors (Lipinski definition) is 2. The topological polar surface area (TPSA) is 81.2 Å². The van der Waals surface area contributed by atoms with Crippen LogP contribution in [-0.4, -0.2) is 4.92 Å². The Morgan fingerprint density at radius 1 is 1.62 bits per heavy atom. The van der Waals surface area contributed by atoms with Gasteiger partial charge in [-0.25, -0.2) is 0 Å². The van der Waals surface area contributed by atoms with Gasteiger partial charge in [0.2, 0.25) is 0 Å². The Kier molecular flexibility index (Phi) is 2.69. The van der Waals surface area contributed by atoms with Crippen molar-refractivity contribution in [2.24, 2.45) is 5.84 Å². The van der Waals surface area contributed by atoms with Crippen molar-refractivity contribution < 1.29 is 4.92 Å². The molecule has 0 aliphatic carbocycles. The predicted octanol–water partition coefficient (Wildman–Crippen LogP) is 1.84. The number of nitro groups is 1. The maximum Gasteiger partial charge on any atom is 0.273 e. The molecule has 0 saturated heterocycles. The SMILES string of the molecule is Cc1cc(NN)c(Cl)cc1[N+](=O)[O-]. The number of nitrogens with zero attached hydrogens (tertiary/aromatic N) is 1. The monoisotopic (exact) mass is 201 g/mol. The van der Waals surface area contributed by atoms with Gasteiger partial charge in [0.05, 0.1) is 15.6 Å². The van der Waals surface area contributed by atoms with Crippen molar-refractivity contribution in [2.45, 2.75) is 6.92 Å². The average molecular weight is 202 g/mol. The molecular formula is C7H8ClN3O2. The fourth-order valence-corrected chi connectivity index (χ4v) is 1.19. The van der Waals surface area contributed by atoms with Gasteiger partial charge in [0.1, 0.15) is 0 Å². The van der Waals surface area contributed by atoms with E-state index >= 15 is 0 Å². The van der Waals surface area contributed by atoms with E-state index in [2.05, 4.69) is 5.43 Å². The van der Waals surface area contributed by atoms with Crippen LogP contribution < -0.4 is 11.3 Å². The molecule has 0 bridgehead atoms. The summed E-state index contributed by atoms with van der Waals surface area (Å²) in [6.07, 6.45) is 0. The van der Waals surface area contributed by atoms with Crippen molar-refractivity contribution in [3.63, 3.8) is 0 Å². The maximum atomic E-state index is 10.5. The van der Waals surface area contributed by atoms with Crippen molar-refractivity contribution in [1.29, 1.82) is 0 Å². The molecule has 6 heteroatoms. The van der Waals surface area contributed by atoms with Gasteiger partial charge in [0.15, 0.2) is 0 Å². The number of rotatable bonds is 2. The third-order valence-corrected chi connectivity index (χ3v) is 1.95. The average Bonchev–Trinajstić information content (AvgIpc) is 2.07. The number of halogens is 1. The van der Waals surface area contributed by atoms with Gasteiger partial charge in [-0.1, -0.05) is 11.6 Å². The minimum Gasteiger partial charge on any atom is -0.323 e. The Balaban J connectivity index is 3.28. The third kappa shape index (κ3) is 1.88. The molecular weight excluding hydrogens is 194 g/mol. The minimum absolute atomic E-state index is 0.0102. The standard InChI is InChI=1S/C7H8ClN3O2/c1-4-2-6(10-9)5(8)3-7(4)11(12)13/h2-3,10H,9H2,1H3. The van der Waals surface area contributed by atoms with Crippen LogP contribution in [0.1, 0.15) is 5.56 Å². The summed E-state index contributed by atoms with van der Waals surface area (Å²) in [5.74, 6) is 5.14. The normalized spacial score (nSPS) is 9.77. The molecule has 0 unspecified atom stereocenters. The fourth-order valence-electron chi connectivity index (χ4n) is 0.978. The number of benzene rings is 1. The van der Waals surface area contributed by atoms with Crippen molar-refractivity contribution in [3.05, 3.63) is 32.8 Å². The first-order valence-electron chi connectivity index (χ1n) is 3.47. The van der Waals surface area contributed by atoms with Gasteiger partial charge in [-0.15, -0.1) is 0 Å². The lowest BCUT2D eigenvalue weighted by atomic mass is 10.2.